The van der Waals surface area contributed by atoms with Crippen LogP contribution >= 0.6 is 0 Å². The van der Waals surface area contributed by atoms with Crippen LogP contribution in [0.3, 0.4) is 0 Å². The average molecular weight is 396 g/mol. The lowest BCUT2D eigenvalue weighted by Crippen LogP contribution is -2.51. The molecule has 0 saturated heterocycles. The van der Waals surface area contributed by atoms with Crippen molar-refractivity contribution in [2.45, 2.75) is 31.7 Å². The standard InChI is InChI=1S/C20H21FN6O2/c1-29-20(28)15-10-2-4-11(5-3-10)16(15)24-14-6-7-22-19(25-14)17-13-8-12(21)9-23-18(13)27-26-17/h6-11,15-16H,2-5H2,1H3,(H,22,24,25)(H,23,26,27)/t10?,11?,15-,16-/m1/s1. The summed E-state index contributed by atoms with van der Waals surface area (Å²) >= 11 is 0. The minimum Gasteiger partial charge on any atom is -0.469 e. The molecule has 6 rings (SSSR count). The molecule has 3 saturated carbocycles. The molecule has 0 radical (unpaired) electrons. The van der Waals surface area contributed by atoms with Crippen molar-refractivity contribution in [3.05, 3.63) is 30.3 Å². The van der Waals surface area contributed by atoms with Crippen LogP contribution in [0.5, 0.6) is 0 Å². The van der Waals surface area contributed by atoms with Crippen LogP contribution in [0.2, 0.25) is 0 Å². The van der Waals surface area contributed by atoms with E-state index in [4.69, 9.17) is 4.74 Å². The SMILES string of the molecule is COC(=O)[C@@H]1C2CCC(CC2)[C@H]1Nc1ccnc(-c2n[nH]c3ncc(F)cc23)n1. The van der Waals surface area contributed by atoms with Gasteiger partial charge in [0.2, 0.25) is 0 Å². The van der Waals surface area contributed by atoms with E-state index < -0.39 is 5.82 Å². The molecule has 0 amide bonds. The van der Waals surface area contributed by atoms with E-state index in [0.717, 1.165) is 31.9 Å². The Morgan fingerprint density at radius 3 is 2.83 bits per heavy atom. The maximum atomic E-state index is 13.6. The van der Waals surface area contributed by atoms with Crippen LogP contribution in [0.4, 0.5) is 10.2 Å². The minimum absolute atomic E-state index is 0.0206. The van der Waals surface area contributed by atoms with Crippen molar-refractivity contribution in [3.8, 4) is 11.5 Å². The summed E-state index contributed by atoms with van der Waals surface area (Å²) in [6.45, 7) is 0. The van der Waals surface area contributed by atoms with E-state index in [1.54, 1.807) is 12.3 Å². The third kappa shape index (κ3) is 3.10. The fourth-order valence-corrected chi connectivity index (χ4v) is 4.90. The van der Waals surface area contributed by atoms with Crippen molar-refractivity contribution in [1.29, 1.82) is 0 Å². The van der Waals surface area contributed by atoms with Gasteiger partial charge in [-0.1, -0.05) is 0 Å². The summed E-state index contributed by atoms with van der Waals surface area (Å²) in [6, 6.07) is 3.11. The predicted octanol–water partition coefficient (Wildman–Crippen LogP) is 2.94. The Balaban J connectivity index is 1.46. The molecule has 29 heavy (non-hydrogen) atoms. The molecule has 150 valence electrons. The number of halogens is 1. The summed E-state index contributed by atoms with van der Waals surface area (Å²) in [5, 5.41) is 11.0. The summed E-state index contributed by atoms with van der Waals surface area (Å²) < 4.78 is 18.7. The molecule has 3 aromatic heterocycles. The first-order valence-corrected chi connectivity index (χ1v) is 9.81. The van der Waals surface area contributed by atoms with E-state index in [9.17, 15) is 9.18 Å². The maximum Gasteiger partial charge on any atom is 0.311 e. The Morgan fingerprint density at radius 2 is 2.03 bits per heavy atom. The normalized spacial score (nSPS) is 25.9. The van der Waals surface area contributed by atoms with Crippen molar-refractivity contribution in [2.24, 2.45) is 17.8 Å². The zero-order chi connectivity index (χ0) is 20.0. The van der Waals surface area contributed by atoms with E-state index in [-0.39, 0.29) is 17.9 Å². The van der Waals surface area contributed by atoms with Crippen molar-refractivity contribution >= 4 is 22.8 Å². The van der Waals surface area contributed by atoms with Crippen LogP contribution < -0.4 is 5.32 Å². The number of ether oxygens (including phenoxy) is 1. The molecule has 3 aliphatic carbocycles. The monoisotopic (exact) mass is 396 g/mol. The Morgan fingerprint density at radius 1 is 1.24 bits per heavy atom. The third-order valence-corrected chi connectivity index (χ3v) is 6.26. The van der Waals surface area contributed by atoms with Gasteiger partial charge in [-0.2, -0.15) is 5.10 Å². The summed E-state index contributed by atoms with van der Waals surface area (Å²) in [5.41, 5.74) is 0.907. The fourth-order valence-electron chi connectivity index (χ4n) is 4.90. The highest BCUT2D eigenvalue weighted by molar-refractivity contribution is 5.88. The lowest BCUT2D eigenvalue weighted by molar-refractivity contribution is -0.152. The molecule has 3 heterocycles. The fraction of sp³-hybridized carbons (Fsp3) is 0.450. The highest BCUT2D eigenvalue weighted by Crippen LogP contribution is 2.46. The van der Waals surface area contributed by atoms with Gasteiger partial charge in [-0.3, -0.25) is 9.89 Å². The van der Waals surface area contributed by atoms with Crippen LogP contribution in [0.1, 0.15) is 25.7 Å². The van der Waals surface area contributed by atoms with Gasteiger partial charge in [0.05, 0.1) is 24.6 Å². The van der Waals surface area contributed by atoms with E-state index in [0.29, 0.717) is 40.2 Å². The number of hydrogen-bond donors (Lipinski definition) is 2. The largest absolute Gasteiger partial charge is 0.469 e. The van der Waals surface area contributed by atoms with E-state index in [2.05, 4.69) is 30.5 Å². The second-order valence-corrected chi connectivity index (χ2v) is 7.78. The second kappa shape index (κ2) is 7.06. The Labute approximate surface area is 166 Å². The summed E-state index contributed by atoms with van der Waals surface area (Å²) in [7, 11) is 1.44. The molecule has 2 bridgehead atoms. The van der Waals surface area contributed by atoms with Crippen LogP contribution in [-0.2, 0) is 9.53 Å². The molecular weight excluding hydrogens is 375 g/mol. The van der Waals surface area contributed by atoms with Gasteiger partial charge >= 0.3 is 5.97 Å². The molecule has 2 N–H and O–H groups in total. The van der Waals surface area contributed by atoms with Crippen molar-refractivity contribution in [2.75, 3.05) is 12.4 Å². The number of carbonyl (C=O) groups excluding carboxylic acids is 1. The number of carbonyl (C=O) groups is 1. The number of aromatic amines is 1. The van der Waals surface area contributed by atoms with Crippen LogP contribution in [0.15, 0.2) is 24.5 Å². The van der Waals surface area contributed by atoms with Crippen LogP contribution in [0.25, 0.3) is 22.6 Å². The zero-order valence-electron chi connectivity index (χ0n) is 15.9. The van der Waals surface area contributed by atoms with Crippen molar-refractivity contribution in [1.82, 2.24) is 25.1 Å². The number of pyridine rings is 1. The second-order valence-electron chi connectivity index (χ2n) is 7.78. The number of nitrogens with zero attached hydrogens (tertiary/aromatic N) is 4. The molecule has 0 aliphatic heterocycles. The summed E-state index contributed by atoms with van der Waals surface area (Å²) in [6.07, 6.45) is 7.09. The number of esters is 1. The molecule has 3 aromatic rings. The average Bonchev–Trinajstić information content (AvgIpc) is 3.17. The van der Waals surface area contributed by atoms with Gasteiger partial charge in [-0.25, -0.2) is 19.3 Å². The van der Waals surface area contributed by atoms with Crippen LogP contribution in [0, 0.1) is 23.6 Å². The first kappa shape index (κ1) is 18.0. The summed E-state index contributed by atoms with van der Waals surface area (Å²) in [5.74, 6) is 0.948. The molecule has 3 aliphatic rings. The van der Waals surface area contributed by atoms with Gasteiger partial charge in [0.15, 0.2) is 11.5 Å². The Bertz CT molecular complexity index is 1060. The highest BCUT2D eigenvalue weighted by atomic mass is 19.1. The quantitative estimate of drug-likeness (QED) is 0.653. The number of anilines is 1. The third-order valence-electron chi connectivity index (χ3n) is 6.26. The van der Waals surface area contributed by atoms with Gasteiger partial charge in [-0.05, 0) is 49.7 Å². The van der Waals surface area contributed by atoms with Crippen LogP contribution in [-0.4, -0.2) is 44.3 Å². The molecule has 0 spiro atoms. The minimum atomic E-state index is -0.450. The van der Waals surface area contributed by atoms with E-state index >= 15 is 0 Å². The Kier molecular flexibility index (Phi) is 4.37. The van der Waals surface area contributed by atoms with E-state index in [1.165, 1.54) is 13.2 Å². The number of nitrogens with one attached hydrogen (secondary N) is 2. The number of aromatic nitrogens is 5. The number of rotatable bonds is 4. The number of methoxy groups -OCH3 is 1. The van der Waals surface area contributed by atoms with Crippen molar-refractivity contribution < 1.29 is 13.9 Å². The topological polar surface area (TPSA) is 106 Å². The number of hydrogen-bond acceptors (Lipinski definition) is 7. The lowest BCUT2D eigenvalue weighted by atomic mass is 9.61. The number of H-pyrrole nitrogens is 1. The molecule has 2 atom stereocenters. The number of fused-ring (bicyclic) bond motifs is 4. The first-order valence-electron chi connectivity index (χ1n) is 9.81. The Hall–Kier alpha value is -3.10. The van der Waals surface area contributed by atoms with Gasteiger partial charge in [-0.15, -0.1) is 0 Å². The summed E-state index contributed by atoms with van der Waals surface area (Å²) in [4.78, 5) is 25.3. The molecule has 9 heteroatoms. The molecular formula is C20H21FN6O2. The van der Waals surface area contributed by atoms with Gasteiger partial charge < -0.3 is 10.1 Å². The molecule has 0 unspecified atom stereocenters. The first-order chi connectivity index (χ1) is 14.1. The maximum absolute atomic E-state index is 13.6. The van der Waals surface area contributed by atoms with Gasteiger partial charge in [0.1, 0.15) is 17.3 Å². The van der Waals surface area contributed by atoms with Gasteiger partial charge in [0, 0.05) is 12.2 Å². The predicted molar refractivity (Wildman–Crippen MR) is 103 cm³/mol. The molecule has 0 aromatic carbocycles. The zero-order valence-corrected chi connectivity index (χ0v) is 15.9. The van der Waals surface area contributed by atoms with E-state index in [1.807, 2.05) is 0 Å². The lowest BCUT2D eigenvalue weighted by Gasteiger charge is -2.47. The van der Waals surface area contributed by atoms with Gasteiger partial charge in [0.25, 0.3) is 0 Å². The van der Waals surface area contributed by atoms with Crippen molar-refractivity contribution in [3.63, 3.8) is 0 Å². The highest BCUT2D eigenvalue weighted by Gasteiger charge is 2.47. The molecule has 3 fully saturated rings. The smallest absolute Gasteiger partial charge is 0.311 e. The molecule has 8 nitrogen and oxygen atoms in total.